The number of aromatic nitrogens is 1. The maximum atomic E-state index is 12.1. The van der Waals surface area contributed by atoms with Crippen molar-refractivity contribution >= 4 is 35.1 Å². The monoisotopic (exact) mass is 318 g/mol. The van der Waals surface area contributed by atoms with Crippen LogP contribution in [-0.4, -0.2) is 30.0 Å². The van der Waals surface area contributed by atoms with Gasteiger partial charge in [-0.3, -0.25) is 4.79 Å². The second kappa shape index (κ2) is 7.45. The van der Waals surface area contributed by atoms with Gasteiger partial charge in [-0.25, -0.2) is 9.78 Å². The summed E-state index contributed by atoms with van der Waals surface area (Å²) in [4.78, 5) is 27.6. The third kappa shape index (κ3) is 4.65. The molecular formula is C13H16Cl2N2O3. The third-order valence-corrected chi connectivity index (χ3v) is 3.07. The summed E-state index contributed by atoms with van der Waals surface area (Å²) in [5.74, 6) is -0.769. The molecule has 1 aromatic rings. The predicted molar refractivity (Wildman–Crippen MR) is 77.0 cm³/mol. The number of carbonyl (C=O) groups excluding carboxylic acids is 2. The molecule has 110 valence electrons. The lowest BCUT2D eigenvalue weighted by molar-refractivity contribution is -0.143. The summed E-state index contributed by atoms with van der Waals surface area (Å²) in [6.45, 7) is 3.89. The fraction of sp³-hybridized carbons (Fsp3) is 0.462. The van der Waals surface area contributed by atoms with Gasteiger partial charge in [0.25, 0.3) is 5.91 Å². The molecule has 0 bridgehead atoms. The average molecular weight is 319 g/mol. The molecule has 1 heterocycles. The van der Waals surface area contributed by atoms with Gasteiger partial charge in [0.2, 0.25) is 0 Å². The number of nitrogens with one attached hydrogen (secondary N) is 1. The molecule has 0 saturated heterocycles. The average Bonchev–Trinajstić information content (AvgIpc) is 2.39. The highest BCUT2D eigenvalue weighted by atomic mass is 35.5. The second-order valence-electron chi connectivity index (χ2n) is 4.67. The van der Waals surface area contributed by atoms with Crippen molar-refractivity contribution in [3.8, 4) is 0 Å². The lowest BCUT2D eigenvalue weighted by atomic mass is 10.0. The van der Waals surface area contributed by atoms with E-state index in [0.29, 0.717) is 6.42 Å². The highest BCUT2D eigenvalue weighted by Crippen LogP contribution is 2.18. The van der Waals surface area contributed by atoms with Gasteiger partial charge in [-0.1, -0.05) is 37.0 Å². The van der Waals surface area contributed by atoms with E-state index in [0.717, 1.165) is 0 Å². The van der Waals surface area contributed by atoms with Crippen molar-refractivity contribution in [1.82, 2.24) is 10.3 Å². The highest BCUT2D eigenvalue weighted by molar-refractivity contribution is 6.35. The summed E-state index contributed by atoms with van der Waals surface area (Å²) in [5.41, 5.74) is 0.171. The van der Waals surface area contributed by atoms with E-state index in [2.05, 4.69) is 15.0 Å². The minimum Gasteiger partial charge on any atom is -0.467 e. The number of nitrogens with zero attached hydrogens (tertiary/aromatic N) is 1. The Labute approximate surface area is 127 Å². The number of esters is 1. The SMILES string of the molecule is COC(=O)C(CC(C)C)NC(=O)c1cc(Cl)ncc1Cl. The fourth-order valence-corrected chi connectivity index (χ4v) is 2.00. The van der Waals surface area contributed by atoms with Crippen molar-refractivity contribution in [3.05, 3.63) is 28.0 Å². The molecule has 1 rings (SSSR count). The number of methoxy groups -OCH3 is 1. The molecule has 20 heavy (non-hydrogen) atoms. The van der Waals surface area contributed by atoms with Crippen LogP contribution < -0.4 is 5.32 Å². The number of hydrogen-bond donors (Lipinski definition) is 1. The van der Waals surface area contributed by atoms with E-state index >= 15 is 0 Å². The van der Waals surface area contributed by atoms with Gasteiger partial charge in [0, 0.05) is 6.20 Å². The molecule has 1 atom stereocenters. The van der Waals surface area contributed by atoms with Crippen molar-refractivity contribution in [2.75, 3.05) is 7.11 Å². The van der Waals surface area contributed by atoms with Crippen molar-refractivity contribution in [1.29, 1.82) is 0 Å². The van der Waals surface area contributed by atoms with Gasteiger partial charge in [0.1, 0.15) is 11.2 Å². The molecule has 5 nitrogen and oxygen atoms in total. The molecule has 1 N–H and O–H groups in total. The number of amides is 1. The van der Waals surface area contributed by atoms with Crippen LogP contribution in [0.2, 0.25) is 10.2 Å². The van der Waals surface area contributed by atoms with Crippen LogP contribution >= 0.6 is 23.2 Å². The molecular weight excluding hydrogens is 303 g/mol. The Kier molecular flexibility index (Phi) is 6.23. The Morgan fingerprint density at radius 3 is 2.60 bits per heavy atom. The maximum Gasteiger partial charge on any atom is 0.328 e. The first-order valence-corrected chi connectivity index (χ1v) is 6.80. The van der Waals surface area contributed by atoms with Crippen molar-refractivity contribution in [2.45, 2.75) is 26.3 Å². The van der Waals surface area contributed by atoms with Gasteiger partial charge in [0.15, 0.2) is 0 Å². The van der Waals surface area contributed by atoms with Crippen LogP contribution in [0.4, 0.5) is 0 Å². The summed E-state index contributed by atoms with van der Waals surface area (Å²) in [7, 11) is 1.28. The molecule has 1 aromatic heterocycles. The van der Waals surface area contributed by atoms with Crippen LogP contribution in [0.3, 0.4) is 0 Å². The van der Waals surface area contributed by atoms with Crippen LogP contribution in [-0.2, 0) is 9.53 Å². The Bertz CT molecular complexity index is 506. The molecule has 0 saturated carbocycles. The summed E-state index contributed by atoms with van der Waals surface area (Å²) < 4.78 is 4.68. The highest BCUT2D eigenvalue weighted by Gasteiger charge is 2.24. The van der Waals surface area contributed by atoms with Crippen molar-refractivity contribution in [3.63, 3.8) is 0 Å². The van der Waals surface area contributed by atoms with E-state index in [1.54, 1.807) is 0 Å². The zero-order chi connectivity index (χ0) is 15.3. The van der Waals surface area contributed by atoms with Crippen LogP contribution in [0.15, 0.2) is 12.3 Å². The molecule has 0 aliphatic heterocycles. The van der Waals surface area contributed by atoms with E-state index in [9.17, 15) is 9.59 Å². The van der Waals surface area contributed by atoms with Crippen LogP contribution in [0.5, 0.6) is 0 Å². The third-order valence-electron chi connectivity index (χ3n) is 2.56. The Hall–Kier alpha value is -1.33. The van der Waals surface area contributed by atoms with E-state index < -0.39 is 17.9 Å². The largest absolute Gasteiger partial charge is 0.467 e. The quantitative estimate of drug-likeness (QED) is 0.669. The van der Waals surface area contributed by atoms with Gasteiger partial charge < -0.3 is 10.1 Å². The number of halogens is 2. The maximum absolute atomic E-state index is 12.1. The topological polar surface area (TPSA) is 68.3 Å². The van der Waals surface area contributed by atoms with Crippen molar-refractivity contribution in [2.24, 2.45) is 5.92 Å². The van der Waals surface area contributed by atoms with Crippen LogP contribution in [0.1, 0.15) is 30.6 Å². The molecule has 0 aliphatic carbocycles. The number of hydrogen-bond acceptors (Lipinski definition) is 4. The minimum absolute atomic E-state index is 0.151. The van der Waals surface area contributed by atoms with Gasteiger partial charge in [-0.2, -0.15) is 0 Å². The predicted octanol–water partition coefficient (Wildman–Crippen LogP) is 2.71. The molecule has 1 unspecified atom stereocenters. The second-order valence-corrected chi connectivity index (χ2v) is 5.46. The number of pyridine rings is 1. The van der Waals surface area contributed by atoms with Crippen LogP contribution in [0, 0.1) is 5.92 Å². The molecule has 0 spiro atoms. The summed E-state index contributed by atoms with van der Waals surface area (Å²) >= 11 is 11.6. The zero-order valence-corrected chi connectivity index (χ0v) is 13.0. The lowest BCUT2D eigenvalue weighted by Crippen LogP contribution is -2.42. The molecule has 0 radical (unpaired) electrons. The molecule has 0 aliphatic rings. The van der Waals surface area contributed by atoms with Crippen LogP contribution in [0.25, 0.3) is 0 Å². The zero-order valence-electron chi connectivity index (χ0n) is 11.4. The van der Waals surface area contributed by atoms with Gasteiger partial charge in [-0.05, 0) is 18.4 Å². The first-order chi connectivity index (χ1) is 9.35. The first kappa shape index (κ1) is 16.7. The minimum atomic E-state index is -0.726. The van der Waals surface area contributed by atoms with Gasteiger partial charge in [-0.15, -0.1) is 0 Å². The lowest BCUT2D eigenvalue weighted by Gasteiger charge is -2.18. The van der Waals surface area contributed by atoms with E-state index in [1.807, 2.05) is 13.8 Å². The van der Waals surface area contributed by atoms with Gasteiger partial charge in [0.05, 0.1) is 17.7 Å². The molecule has 1 amide bonds. The molecule has 0 aromatic carbocycles. The Balaban J connectivity index is 2.90. The summed E-state index contributed by atoms with van der Waals surface area (Å²) in [5, 5.41) is 2.92. The normalized spacial score (nSPS) is 12.1. The number of rotatable bonds is 5. The number of ether oxygens (including phenoxy) is 1. The number of carbonyl (C=O) groups is 2. The van der Waals surface area contributed by atoms with Gasteiger partial charge >= 0.3 is 5.97 Å². The Morgan fingerprint density at radius 1 is 1.40 bits per heavy atom. The fourth-order valence-electron chi connectivity index (χ4n) is 1.65. The summed E-state index contributed by atoms with van der Waals surface area (Å²) in [6, 6.07) is 0.624. The smallest absolute Gasteiger partial charge is 0.328 e. The van der Waals surface area contributed by atoms with E-state index in [-0.39, 0.29) is 21.7 Å². The molecule has 7 heteroatoms. The Morgan fingerprint density at radius 2 is 2.05 bits per heavy atom. The van der Waals surface area contributed by atoms with E-state index in [4.69, 9.17) is 23.2 Å². The first-order valence-electron chi connectivity index (χ1n) is 6.04. The standard InChI is InChI=1S/C13H16Cl2N2O3/c1-7(2)4-10(13(19)20-3)17-12(18)8-5-11(15)16-6-9(8)14/h5-7,10H,4H2,1-3H3,(H,17,18). The molecule has 0 fully saturated rings. The van der Waals surface area contributed by atoms with E-state index in [1.165, 1.54) is 19.4 Å². The van der Waals surface area contributed by atoms with Crippen molar-refractivity contribution < 1.29 is 14.3 Å². The summed E-state index contributed by atoms with van der Waals surface area (Å²) in [6.07, 6.45) is 1.75.